The van der Waals surface area contributed by atoms with Gasteiger partial charge in [0.15, 0.2) is 0 Å². The molecule has 0 saturated carbocycles. The first-order valence-corrected chi connectivity index (χ1v) is 10.6. The minimum Gasteiger partial charge on any atom is -0.310 e. The molecule has 0 saturated heterocycles. The van der Waals surface area contributed by atoms with Gasteiger partial charge in [0.2, 0.25) is 15.9 Å². The Kier molecular flexibility index (Phi) is 6.52. The van der Waals surface area contributed by atoms with Gasteiger partial charge in [-0.05, 0) is 35.9 Å². The van der Waals surface area contributed by atoms with Crippen molar-refractivity contribution in [3.05, 3.63) is 76.9 Å². The Morgan fingerprint density at radius 1 is 1.20 bits per heavy atom. The van der Waals surface area contributed by atoms with Crippen molar-refractivity contribution in [1.29, 1.82) is 5.26 Å². The average molecular weight is 444 g/mol. The van der Waals surface area contributed by atoms with Gasteiger partial charge in [0.25, 0.3) is 0 Å². The molecule has 0 unspecified atom stereocenters. The molecule has 1 amide bonds. The third kappa shape index (κ3) is 4.86. The predicted octanol–water partition coefficient (Wildman–Crippen LogP) is 2.72. The molecule has 2 aromatic carbocycles. The molecular weight excluding hydrogens is 426 g/mol. The zero-order valence-electron chi connectivity index (χ0n) is 16.0. The van der Waals surface area contributed by atoms with Gasteiger partial charge in [-0.25, -0.2) is 13.1 Å². The Morgan fingerprint density at radius 2 is 1.90 bits per heavy atom. The van der Waals surface area contributed by atoms with Gasteiger partial charge in [-0.2, -0.15) is 14.7 Å². The number of rotatable bonds is 7. The Hall–Kier alpha value is -3.19. The van der Waals surface area contributed by atoms with E-state index >= 15 is 0 Å². The highest BCUT2D eigenvalue weighted by Gasteiger charge is 2.23. The second kappa shape index (κ2) is 9.09. The second-order valence-electron chi connectivity index (χ2n) is 6.41. The average Bonchev–Trinajstić information content (AvgIpc) is 3.16. The Bertz CT molecular complexity index is 1200. The molecule has 1 N–H and O–H groups in total. The maximum absolute atomic E-state index is 12.6. The van der Waals surface area contributed by atoms with E-state index in [4.69, 9.17) is 16.9 Å². The van der Waals surface area contributed by atoms with E-state index in [1.54, 1.807) is 16.8 Å². The Balaban J connectivity index is 1.68. The van der Waals surface area contributed by atoms with E-state index in [9.17, 15) is 13.2 Å². The summed E-state index contributed by atoms with van der Waals surface area (Å²) >= 11 is 6.18. The fourth-order valence-electron chi connectivity index (χ4n) is 2.70. The molecule has 0 atom stereocenters. The van der Waals surface area contributed by atoms with Crippen LogP contribution in [0.5, 0.6) is 0 Å². The van der Waals surface area contributed by atoms with Crippen molar-refractivity contribution in [3.8, 4) is 6.07 Å². The summed E-state index contributed by atoms with van der Waals surface area (Å²) in [6.07, 6.45) is 1.53. The Morgan fingerprint density at radius 3 is 2.57 bits per heavy atom. The number of hydrogen-bond acceptors (Lipinski definition) is 5. The summed E-state index contributed by atoms with van der Waals surface area (Å²) in [6.45, 7) is -0.0404. The van der Waals surface area contributed by atoms with Crippen LogP contribution < -0.4 is 5.32 Å². The van der Waals surface area contributed by atoms with Gasteiger partial charge in [0.05, 0.1) is 35.8 Å². The third-order valence-corrected chi connectivity index (χ3v) is 6.51. The molecule has 0 bridgehead atoms. The lowest BCUT2D eigenvalue weighted by molar-refractivity contribution is -0.116. The molecule has 1 aromatic heterocycles. The highest BCUT2D eigenvalue weighted by molar-refractivity contribution is 7.89. The third-order valence-electron chi connectivity index (χ3n) is 4.32. The predicted molar refractivity (Wildman–Crippen MR) is 112 cm³/mol. The van der Waals surface area contributed by atoms with Crippen LogP contribution in [0, 0.1) is 11.3 Å². The van der Waals surface area contributed by atoms with Crippen LogP contribution in [0.2, 0.25) is 5.02 Å². The number of carbonyl (C=O) groups excluding carboxylic acids is 1. The zero-order valence-corrected chi connectivity index (χ0v) is 17.6. The summed E-state index contributed by atoms with van der Waals surface area (Å²) < 4.78 is 27.8. The molecule has 0 fully saturated rings. The first-order valence-electron chi connectivity index (χ1n) is 8.83. The van der Waals surface area contributed by atoms with Crippen LogP contribution in [0.25, 0.3) is 0 Å². The molecule has 3 rings (SSSR count). The minimum atomic E-state index is -3.88. The molecule has 0 aliphatic carbocycles. The van der Waals surface area contributed by atoms with Crippen molar-refractivity contribution in [3.63, 3.8) is 0 Å². The number of likely N-dealkylation sites (N-methyl/N-ethyl adjacent to an activating group) is 1. The SMILES string of the molecule is CN(CC(=O)Nc1ccnn1Cc1ccccc1Cl)S(=O)(=O)c1ccc(C#N)cc1. The molecule has 3 aromatic rings. The van der Waals surface area contributed by atoms with E-state index in [1.807, 2.05) is 24.3 Å². The molecule has 154 valence electrons. The lowest BCUT2D eigenvalue weighted by Gasteiger charge is -2.17. The lowest BCUT2D eigenvalue weighted by Crippen LogP contribution is -2.35. The van der Waals surface area contributed by atoms with Crippen LogP contribution in [0.15, 0.2) is 65.7 Å². The molecule has 0 spiro atoms. The molecule has 0 radical (unpaired) electrons. The molecule has 0 aliphatic rings. The van der Waals surface area contributed by atoms with Crippen molar-refractivity contribution in [2.75, 3.05) is 18.9 Å². The number of amides is 1. The highest BCUT2D eigenvalue weighted by atomic mass is 35.5. The van der Waals surface area contributed by atoms with Gasteiger partial charge in [0.1, 0.15) is 5.82 Å². The molecular formula is C20H18ClN5O3S. The first-order chi connectivity index (χ1) is 14.3. The van der Waals surface area contributed by atoms with Gasteiger partial charge in [0, 0.05) is 18.1 Å². The topological polar surface area (TPSA) is 108 Å². The Labute approximate surface area is 179 Å². The van der Waals surface area contributed by atoms with Crippen LogP contribution in [-0.2, 0) is 21.4 Å². The van der Waals surface area contributed by atoms with Crippen molar-refractivity contribution in [2.24, 2.45) is 0 Å². The number of nitriles is 1. The fraction of sp³-hybridized carbons (Fsp3) is 0.150. The van der Waals surface area contributed by atoms with Gasteiger partial charge < -0.3 is 5.32 Å². The van der Waals surface area contributed by atoms with Gasteiger partial charge >= 0.3 is 0 Å². The monoisotopic (exact) mass is 443 g/mol. The number of sulfonamides is 1. The van der Waals surface area contributed by atoms with Crippen molar-refractivity contribution >= 4 is 33.3 Å². The van der Waals surface area contributed by atoms with Crippen LogP contribution in [0.4, 0.5) is 5.82 Å². The zero-order chi connectivity index (χ0) is 21.7. The normalized spacial score (nSPS) is 11.3. The van der Waals surface area contributed by atoms with Crippen LogP contribution in [0.1, 0.15) is 11.1 Å². The number of carbonyl (C=O) groups is 1. The van der Waals surface area contributed by atoms with E-state index in [0.717, 1.165) is 9.87 Å². The second-order valence-corrected chi connectivity index (χ2v) is 8.86. The number of halogens is 1. The summed E-state index contributed by atoms with van der Waals surface area (Å²) in [7, 11) is -2.57. The van der Waals surface area contributed by atoms with Crippen LogP contribution in [0.3, 0.4) is 0 Å². The largest absolute Gasteiger partial charge is 0.310 e. The van der Waals surface area contributed by atoms with Crippen LogP contribution >= 0.6 is 11.6 Å². The van der Waals surface area contributed by atoms with E-state index < -0.39 is 15.9 Å². The number of benzene rings is 2. The van der Waals surface area contributed by atoms with E-state index in [1.165, 1.54) is 37.5 Å². The van der Waals surface area contributed by atoms with Gasteiger partial charge in [-0.15, -0.1) is 0 Å². The van der Waals surface area contributed by atoms with Crippen molar-refractivity contribution in [1.82, 2.24) is 14.1 Å². The number of hydrogen-bond donors (Lipinski definition) is 1. The van der Waals surface area contributed by atoms with Crippen molar-refractivity contribution < 1.29 is 13.2 Å². The molecule has 0 aliphatic heterocycles. The lowest BCUT2D eigenvalue weighted by atomic mass is 10.2. The first kappa shape index (κ1) is 21.5. The number of aromatic nitrogens is 2. The van der Waals surface area contributed by atoms with Crippen LogP contribution in [-0.4, -0.2) is 42.0 Å². The van der Waals surface area contributed by atoms with E-state index in [0.29, 0.717) is 22.9 Å². The maximum Gasteiger partial charge on any atom is 0.243 e. The van der Waals surface area contributed by atoms with Gasteiger partial charge in [-0.3, -0.25) is 4.79 Å². The number of nitrogens with zero attached hydrogens (tertiary/aromatic N) is 4. The minimum absolute atomic E-state index is 0.000520. The summed E-state index contributed by atoms with van der Waals surface area (Å²) in [5.74, 6) is -0.0975. The quantitative estimate of drug-likeness (QED) is 0.604. The van der Waals surface area contributed by atoms with E-state index in [2.05, 4.69) is 10.4 Å². The van der Waals surface area contributed by atoms with Crippen molar-refractivity contribution in [2.45, 2.75) is 11.4 Å². The molecule has 1 heterocycles. The molecule has 30 heavy (non-hydrogen) atoms. The highest BCUT2D eigenvalue weighted by Crippen LogP contribution is 2.19. The summed E-state index contributed by atoms with van der Waals surface area (Å²) in [5.41, 5.74) is 1.18. The smallest absolute Gasteiger partial charge is 0.243 e. The molecule has 10 heteroatoms. The molecule has 8 nitrogen and oxygen atoms in total. The van der Waals surface area contributed by atoms with E-state index in [-0.39, 0.29) is 11.4 Å². The maximum atomic E-state index is 12.6. The van der Waals surface area contributed by atoms with Gasteiger partial charge in [-0.1, -0.05) is 29.8 Å². The number of anilines is 1. The number of nitrogens with one attached hydrogen (secondary N) is 1. The summed E-state index contributed by atoms with van der Waals surface area (Å²) in [5, 5.41) is 16.3. The summed E-state index contributed by atoms with van der Waals surface area (Å²) in [4.78, 5) is 12.4. The summed E-state index contributed by atoms with van der Waals surface area (Å²) in [6, 6.07) is 16.3. The standard InChI is InChI=1S/C20H18ClN5O3S/c1-25(30(28,29)17-8-6-15(12-22)7-9-17)14-20(27)24-19-10-11-23-26(19)13-16-4-2-3-5-18(16)21/h2-11H,13-14H2,1H3,(H,24,27). The fourth-order valence-corrected chi connectivity index (χ4v) is 4.03.